The minimum atomic E-state index is -1.32. The number of fused-ring (bicyclic) bond motifs is 3. The van der Waals surface area contributed by atoms with Crippen molar-refractivity contribution in [2.45, 2.75) is 30.8 Å². The van der Waals surface area contributed by atoms with Crippen molar-refractivity contribution in [2.75, 3.05) is 31.1 Å². The Kier molecular flexibility index (Phi) is 6.20. The molecular weight excluding hydrogens is 524 g/mol. The first kappa shape index (κ1) is 25.6. The van der Waals surface area contributed by atoms with E-state index in [1.165, 1.54) is 4.90 Å². The fourth-order valence-corrected chi connectivity index (χ4v) is 6.81. The number of amides is 3. The van der Waals surface area contributed by atoms with Crippen molar-refractivity contribution in [3.63, 3.8) is 0 Å². The second-order valence-corrected chi connectivity index (χ2v) is 10.8. The zero-order valence-electron chi connectivity index (χ0n) is 22.3. The lowest BCUT2D eigenvalue weighted by Crippen LogP contribution is -2.55. The van der Waals surface area contributed by atoms with Gasteiger partial charge in [0.25, 0.3) is 5.91 Å². The number of para-hydroxylation sites is 2. The first-order valence-corrected chi connectivity index (χ1v) is 13.9. The number of aliphatic hydroxyl groups is 1. The lowest BCUT2D eigenvalue weighted by Gasteiger charge is -2.35. The SMILES string of the molecule is O=C1C2N(CCCO)C(=O)[C@@H]3[C@@H]4C(=O)N(c5ccccc5)CC=C[C@@H]4O[C@]23C=CCN1Cn1nnc2ccccc21. The van der Waals surface area contributed by atoms with Crippen molar-refractivity contribution in [3.05, 3.63) is 78.9 Å². The molecule has 41 heavy (non-hydrogen) atoms. The summed E-state index contributed by atoms with van der Waals surface area (Å²) in [6, 6.07) is 15.9. The third-order valence-electron chi connectivity index (χ3n) is 8.59. The molecule has 0 bridgehead atoms. The van der Waals surface area contributed by atoms with E-state index in [9.17, 15) is 19.5 Å². The summed E-state index contributed by atoms with van der Waals surface area (Å²) in [5, 5.41) is 18.1. The number of likely N-dealkylation sites (tertiary alicyclic amines) is 1. The van der Waals surface area contributed by atoms with E-state index in [0.29, 0.717) is 13.0 Å². The molecule has 2 fully saturated rings. The summed E-state index contributed by atoms with van der Waals surface area (Å²) in [4.78, 5) is 47.5. The second-order valence-electron chi connectivity index (χ2n) is 10.8. The van der Waals surface area contributed by atoms with Gasteiger partial charge in [-0.3, -0.25) is 14.4 Å². The number of aromatic nitrogens is 3. The number of carbonyl (C=O) groups is 3. The Labute approximate surface area is 236 Å². The molecule has 1 N–H and O–H groups in total. The average molecular weight is 555 g/mol. The highest BCUT2D eigenvalue weighted by molar-refractivity contribution is 6.03. The molecule has 3 amide bonds. The van der Waals surface area contributed by atoms with Crippen LogP contribution in [0.2, 0.25) is 0 Å². The number of nitrogens with zero attached hydrogens (tertiary/aromatic N) is 6. The molecule has 1 unspecified atom stereocenters. The fraction of sp³-hybridized carbons (Fsp3) is 0.367. The first-order valence-electron chi connectivity index (χ1n) is 13.9. The third kappa shape index (κ3) is 3.91. The van der Waals surface area contributed by atoms with Crippen LogP contribution in [0.3, 0.4) is 0 Å². The second kappa shape index (κ2) is 9.93. The summed E-state index contributed by atoms with van der Waals surface area (Å²) in [6.07, 6.45) is 7.05. The third-order valence-corrected chi connectivity index (χ3v) is 8.59. The van der Waals surface area contributed by atoms with Crippen LogP contribution < -0.4 is 4.90 Å². The zero-order chi connectivity index (χ0) is 28.1. The van der Waals surface area contributed by atoms with Gasteiger partial charge >= 0.3 is 0 Å². The van der Waals surface area contributed by atoms with Gasteiger partial charge in [0, 0.05) is 31.9 Å². The van der Waals surface area contributed by atoms with Crippen LogP contribution in [0.1, 0.15) is 6.42 Å². The molecule has 0 aliphatic carbocycles. The topological polar surface area (TPSA) is 121 Å². The highest BCUT2D eigenvalue weighted by Crippen LogP contribution is 2.53. The van der Waals surface area contributed by atoms with Gasteiger partial charge in [0.05, 0.1) is 23.5 Å². The lowest BCUT2D eigenvalue weighted by atomic mass is 9.77. The van der Waals surface area contributed by atoms with Gasteiger partial charge in [0.2, 0.25) is 11.8 Å². The number of hydrogen-bond acceptors (Lipinski definition) is 7. The number of rotatable bonds is 6. The maximum absolute atomic E-state index is 14.4. The molecule has 2 aromatic carbocycles. The van der Waals surface area contributed by atoms with Crippen molar-refractivity contribution in [2.24, 2.45) is 11.8 Å². The Morgan fingerprint density at radius 3 is 2.59 bits per heavy atom. The summed E-state index contributed by atoms with van der Waals surface area (Å²) < 4.78 is 8.33. The molecule has 1 aromatic heterocycles. The van der Waals surface area contributed by atoms with Crippen molar-refractivity contribution < 1.29 is 24.2 Å². The van der Waals surface area contributed by atoms with E-state index in [2.05, 4.69) is 10.3 Å². The number of carbonyl (C=O) groups excluding carboxylic acids is 3. The predicted molar refractivity (Wildman–Crippen MR) is 148 cm³/mol. The van der Waals surface area contributed by atoms with Gasteiger partial charge in [-0.1, -0.05) is 59.8 Å². The standard InChI is InChI=1S/C30H30N6O5/c37-18-8-17-35-26-29(40)33(19-36-22-12-5-4-11-21(22)31-32-36)15-7-14-30(26)25(28(35)39)24-23(41-30)13-6-16-34(27(24)38)20-9-2-1-3-10-20/h1-7,9-14,23-26,37H,8,15-19H2/t23-,24+,25-,26?,30-/m0/s1. The number of ether oxygens (including phenoxy) is 1. The molecule has 0 radical (unpaired) electrons. The van der Waals surface area contributed by atoms with Crippen molar-refractivity contribution >= 4 is 34.4 Å². The minimum absolute atomic E-state index is 0.135. The van der Waals surface area contributed by atoms with Crippen LogP contribution >= 0.6 is 0 Å². The lowest BCUT2D eigenvalue weighted by molar-refractivity contribution is -0.148. The van der Waals surface area contributed by atoms with Crippen LogP contribution in [-0.2, 0) is 25.8 Å². The van der Waals surface area contributed by atoms with Gasteiger partial charge < -0.3 is 24.5 Å². The smallest absolute Gasteiger partial charge is 0.250 e. The Bertz CT molecular complexity index is 1570. The van der Waals surface area contributed by atoms with E-state index in [-0.39, 0.29) is 44.1 Å². The molecule has 5 heterocycles. The van der Waals surface area contributed by atoms with E-state index < -0.39 is 29.6 Å². The van der Waals surface area contributed by atoms with Crippen LogP contribution in [0.4, 0.5) is 5.69 Å². The summed E-state index contributed by atoms with van der Waals surface area (Å²) in [7, 11) is 0. The predicted octanol–water partition coefficient (Wildman–Crippen LogP) is 1.35. The largest absolute Gasteiger partial charge is 0.396 e. The number of aliphatic hydroxyl groups excluding tert-OH is 1. The van der Waals surface area contributed by atoms with Gasteiger partial charge in [0.15, 0.2) is 0 Å². The quantitative estimate of drug-likeness (QED) is 0.457. The summed E-state index contributed by atoms with van der Waals surface area (Å²) in [5.41, 5.74) is 0.922. The molecule has 11 nitrogen and oxygen atoms in total. The van der Waals surface area contributed by atoms with Gasteiger partial charge in [-0.2, -0.15) is 0 Å². The highest BCUT2D eigenvalue weighted by Gasteiger charge is 2.71. The molecule has 7 rings (SSSR count). The Balaban J connectivity index is 1.27. The monoisotopic (exact) mass is 554 g/mol. The fourth-order valence-electron chi connectivity index (χ4n) is 6.81. The van der Waals surface area contributed by atoms with Crippen molar-refractivity contribution in [1.29, 1.82) is 0 Å². The summed E-state index contributed by atoms with van der Waals surface area (Å²) >= 11 is 0. The van der Waals surface area contributed by atoms with Crippen molar-refractivity contribution in [1.82, 2.24) is 24.8 Å². The number of hydrogen-bond donors (Lipinski definition) is 1. The first-order chi connectivity index (χ1) is 20.0. The van der Waals surface area contributed by atoms with E-state index >= 15 is 0 Å². The molecule has 5 atom stereocenters. The highest BCUT2D eigenvalue weighted by atomic mass is 16.5. The molecule has 3 aromatic rings. The molecule has 1 spiro atoms. The van der Waals surface area contributed by atoms with Gasteiger partial charge in [0.1, 0.15) is 23.8 Å². The van der Waals surface area contributed by atoms with Crippen LogP contribution in [0, 0.1) is 11.8 Å². The molecule has 0 saturated carbocycles. The Morgan fingerprint density at radius 1 is 0.951 bits per heavy atom. The normalized spacial score (nSPS) is 29.1. The summed E-state index contributed by atoms with van der Waals surface area (Å²) in [5.74, 6) is -2.49. The summed E-state index contributed by atoms with van der Waals surface area (Å²) in [6.45, 7) is 0.808. The van der Waals surface area contributed by atoms with Gasteiger partial charge in [-0.25, -0.2) is 4.68 Å². The van der Waals surface area contributed by atoms with E-state index in [1.807, 2.05) is 78.9 Å². The minimum Gasteiger partial charge on any atom is -0.396 e. The number of benzene rings is 2. The van der Waals surface area contributed by atoms with E-state index in [0.717, 1.165) is 16.7 Å². The maximum atomic E-state index is 14.4. The molecular formula is C30H30N6O5. The molecule has 4 aliphatic heterocycles. The zero-order valence-corrected chi connectivity index (χ0v) is 22.3. The van der Waals surface area contributed by atoms with Crippen LogP contribution in [0.15, 0.2) is 78.9 Å². The van der Waals surface area contributed by atoms with E-state index in [4.69, 9.17) is 4.74 Å². The Morgan fingerprint density at radius 2 is 1.76 bits per heavy atom. The van der Waals surface area contributed by atoms with Crippen LogP contribution in [0.5, 0.6) is 0 Å². The molecule has 2 saturated heterocycles. The molecule has 4 aliphatic rings. The average Bonchev–Trinajstić information content (AvgIpc) is 3.54. The van der Waals surface area contributed by atoms with Crippen LogP contribution in [-0.4, -0.2) is 91.6 Å². The van der Waals surface area contributed by atoms with Crippen molar-refractivity contribution in [3.8, 4) is 0 Å². The van der Waals surface area contributed by atoms with Crippen LogP contribution in [0.25, 0.3) is 11.0 Å². The van der Waals surface area contributed by atoms with E-state index in [1.54, 1.807) is 14.5 Å². The maximum Gasteiger partial charge on any atom is 0.250 e. The van der Waals surface area contributed by atoms with Gasteiger partial charge in [-0.05, 0) is 30.7 Å². The Hall–Kier alpha value is -4.35. The molecule has 210 valence electrons. The molecule has 11 heteroatoms. The number of anilines is 1. The van der Waals surface area contributed by atoms with Gasteiger partial charge in [-0.15, -0.1) is 5.10 Å².